The van der Waals surface area contributed by atoms with Gasteiger partial charge in [-0.15, -0.1) is 0 Å². The molecule has 1 saturated carbocycles. The Labute approximate surface area is 68.4 Å². The Morgan fingerprint density at radius 1 is 1.55 bits per heavy atom. The second-order valence-electron chi connectivity index (χ2n) is 3.91. The van der Waals surface area contributed by atoms with E-state index < -0.39 is 0 Å². The summed E-state index contributed by atoms with van der Waals surface area (Å²) in [5.41, 5.74) is 0. The van der Waals surface area contributed by atoms with Gasteiger partial charge in [0.05, 0.1) is 0 Å². The van der Waals surface area contributed by atoms with Gasteiger partial charge >= 0.3 is 0 Å². The Balaban J connectivity index is 2.02. The molecular weight excluding hydrogens is 138 g/mol. The van der Waals surface area contributed by atoms with Crippen LogP contribution < -0.4 is 5.32 Å². The molecule has 0 spiro atoms. The minimum Gasteiger partial charge on any atom is -0.358 e. The molecule has 0 aliphatic heterocycles. The van der Waals surface area contributed by atoms with Crippen LogP contribution in [0.25, 0.3) is 0 Å². The Morgan fingerprint density at radius 3 is 2.82 bits per heavy atom. The largest absolute Gasteiger partial charge is 0.358 e. The molecule has 0 aromatic heterocycles. The van der Waals surface area contributed by atoms with Crippen molar-refractivity contribution in [1.29, 1.82) is 0 Å². The van der Waals surface area contributed by atoms with Crippen molar-refractivity contribution in [2.45, 2.75) is 26.7 Å². The number of nitrogens with one attached hydrogen (secondary N) is 1. The summed E-state index contributed by atoms with van der Waals surface area (Å²) in [4.78, 5) is 9.95. The smallest absolute Gasteiger partial charge is 0.207 e. The lowest BCUT2D eigenvalue weighted by molar-refractivity contribution is -0.109. The molecule has 1 aliphatic carbocycles. The topological polar surface area (TPSA) is 29.1 Å². The normalized spacial score (nSPS) is 28.6. The fraction of sp³-hybridized carbons (Fsp3) is 0.889. The predicted octanol–water partition coefficient (Wildman–Crippen LogP) is 1.41. The van der Waals surface area contributed by atoms with E-state index in [1.165, 1.54) is 12.8 Å². The average Bonchev–Trinajstić information content (AvgIpc) is 2.62. The van der Waals surface area contributed by atoms with E-state index in [1.54, 1.807) is 0 Å². The van der Waals surface area contributed by atoms with Crippen molar-refractivity contribution < 1.29 is 4.79 Å². The number of carbonyl (C=O) groups is 1. The molecule has 2 heteroatoms. The first kappa shape index (κ1) is 8.57. The maximum absolute atomic E-state index is 9.95. The van der Waals surface area contributed by atoms with Gasteiger partial charge < -0.3 is 5.32 Å². The van der Waals surface area contributed by atoms with Crippen molar-refractivity contribution in [1.82, 2.24) is 5.32 Å². The standard InChI is InChI=1S/C9H17NO/c1-7(2)3-8-4-9(8)5-10-6-11/h6-9H,3-5H2,1-2H3,(H,10,11). The van der Waals surface area contributed by atoms with E-state index in [4.69, 9.17) is 0 Å². The van der Waals surface area contributed by atoms with Gasteiger partial charge in [-0.05, 0) is 30.6 Å². The van der Waals surface area contributed by atoms with Crippen molar-refractivity contribution in [3.8, 4) is 0 Å². The lowest BCUT2D eigenvalue weighted by atomic mass is 10.1. The molecule has 11 heavy (non-hydrogen) atoms. The zero-order valence-corrected chi connectivity index (χ0v) is 7.34. The highest BCUT2D eigenvalue weighted by molar-refractivity contribution is 5.45. The fourth-order valence-electron chi connectivity index (χ4n) is 1.65. The molecular formula is C9H17NO. The van der Waals surface area contributed by atoms with Crippen molar-refractivity contribution in [2.24, 2.45) is 17.8 Å². The Kier molecular flexibility index (Phi) is 2.92. The predicted molar refractivity (Wildman–Crippen MR) is 45.1 cm³/mol. The number of hydrogen-bond acceptors (Lipinski definition) is 1. The minimum absolute atomic E-state index is 0.780. The van der Waals surface area contributed by atoms with E-state index in [9.17, 15) is 4.79 Å². The first-order chi connectivity index (χ1) is 5.24. The van der Waals surface area contributed by atoms with Crippen LogP contribution in [0.15, 0.2) is 0 Å². The third-order valence-corrected chi connectivity index (χ3v) is 2.31. The summed E-state index contributed by atoms with van der Waals surface area (Å²) in [7, 11) is 0. The third kappa shape index (κ3) is 2.91. The fourth-order valence-corrected chi connectivity index (χ4v) is 1.65. The Morgan fingerprint density at radius 2 is 2.27 bits per heavy atom. The van der Waals surface area contributed by atoms with Gasteiger partial charge in [-0.3, -0.25) is 4.79 Å². The van der Waals surface area contributed by atoms with E-state index in [-0.39, 0.29) is 0 Å². The maximum Gasteiger partial charge on any atom is 0.207 e. The van der Waals surface area contributed by atoms with E-state index in [2.05, 4.69) is 19.2 Å². The molecule has 1 fully saturated rings. The van der Waals surface area contributed by atoms with Gasteiger partial charge in [0.1, 0.15) is 0 Å². The molecule has 0 saturated heterocycles. The molecule has 1 N–H and O–H groups in total. The highest BCUT2D eigenvalue weighted by Crippen LogP contribution is 2.42. The summed E-state index contributed by atoms with van der Waals surface area (Å²) in [6.45, 7) is 5.39. The summed E-state index contributed by atoms with van der Waals surface area (Å²) < 4.78 is 0. The van der Waals surface area contributed by atoms with Gasteiger partial charge in [-0.2, -0.15) is 0 Å². The summed E-state index contributed by atoms with van der Waals surface area (Å²) in [5.74, 6) is 2.48. The molecule has 2 atom stereocenters. The van der Waals surface area contributed by atoms with Crippen LogP contribution in [-0.2, 0) is 4.79 Å². The van der Waals surface area contributed by atoms with Gasteiger partial charge in [0.2, 0.25) is 6.41 Å². The molecule has 0 aromatic rings. The van der Waals surface area contributed by atoms with Crippen LogP contribution in [0, 0.1) is 17.8 Å². The molecule has 1 rings (SSSR count). The van der Waals surface area contributed by atoms with Crippen molar-refractivity contribution in [3.05, 3.63) is 0 Å². The Bertz CT molecular complexity index is 134. The van der Waals surface area contributed by atoms with Crippen LogP contribution in [0.2, 0.25) is 0 Å². The van der Waals surface area contributed by atoms with E-state index in [0.29, 0.717) is 0 Å². The van der Waals surface area contributed by atoms with E-state index >= 15 is 0 Å². The van der Waals surface area contributed by atoms with Crippen LogP contribution >= 0.6 is 0 Å². The molecule has 1 amide bonds. The van der Waals surface area contributed by atoms with Crippen LogP contribution in [0.3, 0.4) is 0 Å². The highest BCUT2D eigenvalue weighted by atomic mass is 16.1. The van der Waals surface area contributed by atoms with Crippen molar-refractivity contribution in [2.75, 3.05) is 6.54 Å². The molecule has 64 valence electrons. The molecule has 1 aliphatic rings. The highest BCUT2D eigenvalue weighted by Gasteiger charge is 2.36. The lowest BCUT2D eigenvalue weighted by Crippen LogP contribution is -2.14. The van der Waals surface area contributed by atoms with Crippen LogP contribution in [0.1, 0.15) is 26.7 Å². The molecule has 0 aromatic carbocycles. The SMILES string of the molecule is CC(C)CC1CC1CNC=O. The molecule has 0 heterocycles. The van der Waals surface area contributed by atoms with Gasteiger partial charge in [0.25, 0.3) is 0 Å². The molecule has 2 nitrogen and oxygen atoms in total. The first-order valence-electron chi connectivity index (χ1n) is 4.41. The van der Waals surface area contributed by atoms with E-state index in [0.717, 1.165) is 30.7 Å². The minimum atomic E-state index is 0.780. The molecule has 0 radical (unpaired) electrons. The van der Waals surface area contributed by atoms with Crippen LogP contribution in [-0.4, -0.2) is 13.0 Å². The molecule has 2 unspecified atom stereocenters. The summed E-state index contributed by atoms with van der Waals surface area (Å²) in [6.07, 6.45) is 3.44. The number of hydrogen-bond donors (Lipinski definition) is 1. The van der Waals surface area contributed by atoms with Crippen LogP contribution in [0.5, 0.6) is 0 Å². The number of carbonyl (C=O) groups excluding carboxylic acids is 1. The molecule has 0 bridgehead atoms. The van der Waals surface area contributed by atoms with E-state index in [1.807, 2.05) is 0 Å². The monoisotopic (exact) mass is 155 g/mol. The van der Waals surface area contributed by atoms with Gasteiger partial charge in [0.15, 0.2) is 0 Å². The van der Waals surface area contributed by atoms with Crippen LogP contribution in [0.4, 0.5) is 0 Å². The second kappa shape index (κ2) is 3.74. The zero-order chi connectivity index (χ0) is 8.27. The number of rotatable bonds is 5. The second-order valence-corrected chi connectivity index (χ2v) is 3.91. The Hall–Kier alpha value is -0.530. The maximum atomic E-state index is 9.95. The lowest BCUT2D eigenvalue weighted by Gasteiger charge is -2.02. The first-order valence-corrected chi connectivity index (χ1v) is 4.41. The number of amides is 1. The summed E-state index contributed by atoms with van der Waals surface area (Å²) >= 11 is 0. The van der Waals surface area contributed by atoms with Gasteiger partial charge in [0, 0.05) is 6.54 Å². The summed E-state index contributed by atoms with van der Waals surface area (Å²) in [5, 5.41) is 2.73. The third-order valence-electron chi connectivity index (χ3n) is 2.31. The summed E-state index contributed by atoms with van der Waals surface area (Å²) in [6, 6.07) is 0. The zero-order valence-electron chi connectivity index (χ0n) is 7.34. The van der Waals surface area contributed by atoms with Gasteiger partial charge in [-0.1, -0.05) is 13.8 Å². The van der Waals surface area contributed by atoms with Gasteiger partial charge in [-0.25, -0.2) is 0 Å². The van der Waals surface area contributed by atoms with Crippen molar-refractivity contribution >= 4 is 6.41 Å². The van der Waals surface area contributed by atoms with Crippen molar-refractivity contribution in [3.63, 3.8) is 0 Å². The average molecular weight is 155 g/mol. The quantitative estimate of drug-likeness (QED) is 0.598.